The molecule has 1 saturated heterocycles. The first-order valence-corrected chi connectivity index (χ1v) is 6.61. The first-order valence-electron chi connectivity index (χ1n) is 6.61. The molecule has 1 atom stereocenters. The van der Waals surface area contributed by atoms with Crippen molar-refractivity contribution in [2.24, 2.45) is 5.92 Å². The minimum absolute atomic E-state index is 0.284. The summed E-state index contributed by atoms with van der Waals surface area (Å²) in [6.07, 6.45) is 2.36. The maximum atomic E-state index is 5.79. The lowest BCUT2D eigenvalue weighted by atomic mass is 10.0. The van der Waals surface area contributed by atoms with Gasteiger partial charge in [-0.3, -0.25) is 0 Å². The average molecular weight is 250 g/mol. The summed E-state index contributed by atoms with van der Waals surface area (Å²) >= 11 is 0. The van der Waals surface area contributed by atoms with Crippen molar-refractivity contribution < 1.29 is 4.74 Å². The molecule has 100 valence electrons. The van der Waals surface area contributed by atoms with Crippen LogP contribution in [0.5, 0.6) is 0 Å². The third-order valence-corrected chi connectivity index (χ3v) is 3.11. The molecular formula is C13H22N4O. The fourth-order valence-corrected chi connectivity index (χ4v) is 2.05. The van der Waals surface area contributed by atoms with E-state index < -0.39 is 0 Å². The zero-order valence-electron chi connectivity index (χ0n) is 11.1. The summed E-state index contributed by atoms with van der Waals surface area (Å²) in [6, 6.07) is 1.79. The van der Waals surface area contributed by atoms with Gasteiger partial charge in [0.05, 0.1) is 6.61 Å². The quantitative estimate of drug-likeness (QED) is 0.855. The van der Waals surface area contributed by atoms with E-state index in [1.807, 2.05) is 0 Å². The number of aromatic nitrogens is 2. The van der Waals surface area contributed by atoms with E-state index >= 15 is 0 Å². The van der Waals surface area contributed by atoms with Gasteiger partial charge in [0.15, 0.2) is 0 Å². The van der Waals surface area contributed by atoms with Crippen LogP contribution in [0, 0.1) is 5.92 Å². The van der Waals surface area contributed by atoms with Crippen LogP contribution in [0.25, 0.3) is 0 Å². The molecule has 1 aromatic rings. The fraction of sp³-hybridized carbons (Fsp3) is 0.692. The van der Waals surface area contributed by atoms with Crippen LogP contribution in [0.2, 0.25) is 0 Å². The minimum Gasteiger partial charge on any atom is -0.384 e. The largest absolute Gasteiger partial charge is 0.384 e. The molecular weight excluding hydrogens is 228 g/mol. The highest BCUT2D eigenvalue weighted by molar-refractivity contribution is 5.44. The first-order chi connectivity index (χ1) is 8.65. The molecule has 0 saturated carbocycles. The second-order valence-electron chi connectivity index (χ2n) is 5.16. The first kappa shape index (κ1) is 13.1. The maximum absolute atomic E-state index is 5.79. The van der Waals surface area contributed by atoms with E-state index in [0.717, 1.165) is 37.8 Å². The minimum atomic E-state index is 0.284. The molecule has 0 amide bonds. The number of nitrogens with two attached hydrogens (primary N) is 1. The Labute approximate surface area is 108 Å². The van der Waals surface area contributed by atoms with Gasteiger partial charge in [0.25, 0.3) is 0 Å². The van der Waals surface area contributed by atoms with Crippen molar-refractivity contribution in [1.29, 1.82) is 0 Å². The zero-order valence-corrected chi connectivity index (χ0v) is 11.1. The van der Waals surface area contributed by atoms with Crippen LogP contribution in [-0.4, -0.2) is 29.7 Å². The van der Waals surface area contributed by atoms with Crippen LogP contribution in [-0.2, 0) is 4.74 Å². The number of anilines is 2. The molecule has 1 fully saturated rings. The normalized spacial score (nSPS) is 20.1. The third-order valence-electron chi connectivity index (χ3n) is 3.11. The predicted molar refractivity (Wildman–Crippen MR) is 72.6 cm³/mol. The van der Waals surface area contributed by atoms with Crippen LogP contribution < -0.4 is 11.1 Å². The van der Waals surface area contributed by atoms with Gasteiger partial charge < -0.3 is 15.8 Å². The topological polar surface area (TPSA) is 73.1 Å². The molecule has 0 radical (unpaired) electrons. The molecule has 3 N–H and O–H groups in total. The number of hydrogen-bond acceptors (Lipinski definition) is 5. The Morgan fingerprint density at radius 1 is 1.50 bits per heavy atom. The van der Waals surface area contributed by atoms with Crippen LogP contribution >= 0.6 is 0 Å². The third kappa shape index (κ3) is 3.57. The summed E-state index contributed by atoms with van der Waals surface area (Å²) < 4.78 is 5.46. The van der Waals surface area contributed by atoms with Crippen LogP contribution in [0.1, 0.15) is 38.4 Å². The van der Waals surface area contributed by atoms with Gasteiger partial charge in [-0.15, -0.1) is 0 Å². The van der Waals surface area contributed by atoms with Gasteiger partial charge >= 0.3 is 0 Å². The Morgan fingerprint density at radius 3 is 3.00 bits per heavy atom. The van der Waals surface area contributed by atoms with E-state index in [1.54, 1.807) is 6.07 Å². The summed E-state index contributed by atoms with van der Waals surface area (Å²) in [5.41, 5.74) is 5.79. The summed E-state index contributed by atoms with van der Waals surface area (Å²) in [5.74, 6) is 2.98. The van der Waals surface area contributed by atoms with E-state index in [9.17, 15) is 0 Å². The molecule has 0 aliphatic carbocycles. The number of nitrogens with zero attached hydrogens (tertiary/aromatic N) is 2. The molecule has 2 rings (SSSR count). The fourth-order valence-electron chi connectivity index (χ4n) is 2.05. The van der Waals surface area contributed by atoms with Gasteiger partial charge in [0.1, 0.15) is 17.5 Å². The molecule has 1 aliphatic heterocycles. The summed E-state index contributed by atoms with van der Waals surface area (Å²) in [7, 11) is 0. The average Bonchev–Trinajstić information content (AvgIpc) is 2.37. The van der Waals surface area contributed by atoms with Gasteiger partial charge in [-0.2, -0.15) is 0 Å². The van der Waals surface area contributed by atoms with E-state index in [4.69, 9.17) is 10.5 Å². The molecule has 1 unspecified atom stereocenters. The number of nitrogen functional groups attached to an aromatic ring is 1. The summed E-state index contributed by atoms with van der Waals surface area (Å²) in [6.45, 7) is 6.74. The van der Waals surface area contributed by atoms with Crippen molar-refractivity contribution in [3.63, 3.8) is 0 Å². The lowest BCUT2D eigenvalue weighted by Gasteiger charge is -2.22. The molecule has 18 heavy (non-hydrogen) atoms. The van der Waals surface area contributed by atoms with Crippen molar-refractivity contribution in [3.05, 3.63) is 11.9 Å². The monoisotopic (exact) mass is 250 g/mol. The molecule has 1 aliphatic rings. The smallest absolute Gasteiger partial charge is 0.135 e. The highest BCUT2D eigenvalue weighted by Crippen LogP contribution is 2.17. The van der Waals surface area contributed by atoms with Gasteiger partial charge in [-0.1, -0.05) is 13.8 Å². The highest BCUT2D eigenvalue weighted by atomic mass is 16.5. The molecule has 5 nitrogen and oxygen atoms in total. The van der Waals surface area contributed by atoms with Crippen molar-refractivity contribution in [3.8, 4) is 0 Å². The van der Waals surface area contributed by atoms with Crippen LogP contribution in [0.3, 0.4) is 0 Å². The number of ether oxygens (including phenoxy) is 1. The lowest BCUT2D eigenvalue weighted by molar-refractivity contribution is 0.0595. The van der Waals surface area contributed by atoms with Crippen molar-refractivity contribution in [2.45, 2.75) is 32.6 Å². The molecule has 0 aromatic carbocycles. The number of hydrogen-bond donors (Lipinski definition) is 2. The Kier molecular flexibility index (Phi) is 4.36. The van der Waals surface area contributed by atoms with Crippen LogP contribution in [0.4, 0.5) is 11.6 Å². The van der Waals surface area contributed by atoms with Crippen molar-refractivity contribution in [2.75, 3.05) is 30.8 Å². The molecule has 0 spiro atoms. The summed E-state index contributed by atoms with van der Waals surface area (Å²) in [5, 5.41) is 3.34. The highest BCUT2D eigenvalue weighted by Gasteiger charge is 2.14. The molecule has 0 bridgehead atoms. The molecule has 2 heterocycles. The van der Waals surface area contributed by atoms with Crippen molar-refractivity contribution in [1.82, 2.24) is 9.97 Å². The van der Waals surface area contributed by atoms with Gasteiger partial charge in [-0.25, -0.2) is 9.97 Å². The maximum Gasteiger partial charge on any atom is 0.135 e. The van der Waals surface area contributed by atoms with Crippen LogP contribution in [0.15, 0.2) is 6.07 Å². The standard InChI is InChI=1S/C13H22N4O/c1-9(2)13-16-11(14)6-12(17-13)15-7-10-4-3-5-18-8-10/h6,9-10H,3-5,7-8H2,1-2H3,(H3,14,15,16,17). The van der Waals surface area contributed by atoms with E-state index in [-0.39, 0.29) is 5.92 Å². The Morgan fingerprint density at radius 2 is 2.33 bits per heavy atom. The number of nitrogens with one attached hydrogen (secondary N) is 1. The predicted octanol–water partition coefficient (Wildman–Crippen LogP) is 2.02. The Balaban J connectivity index is 1.95. The SMILES string of the molecule is CC(C)c1nc(N)cc(NCC2CCCOC2)n1. The van der Waals surface area contributed by atoms with Crippen molar-refractivity contribution >= 4 is 11.6 Å². The zero-order chi connectivity index (χ0) is 13.0. The van der Waals surface area contributed by atoms with E-state index in [2.05, 4.69) is 29.1 Å². The lowest BCUT2D eigenvalue weighted by Crippen LogP contribution is -2.24. The second-order valence-corrected chi connectivity index (χ2v) is 5.16. The van der Waals surface area contributed by atoms with Gasteiger partial charge in [0, 0.05) is 25.1 Å². The summed E-state index contributed by atoms with van der Waals surface area (Å²) in [4.78, 5) is 8.70. The Bertz CT molecular complexity index is 389. The van der Waals surface area contributed by atoms with E-state index in [0.29, 0.717) is 11.7 Å². The van der Waals surface area contributed by atoms with Gasteiger partial charge in [-0.05, 0) is 18.8 Å². The second kappa shape index (κ2) is 6.00. The molecule has 1 aromatic heterocycles. The van der Waals surface area contributed by atoms with Gasteiger partial charge in [0.2, 0.25) is 0 Å². The van der Waals surface area contributed by atoms with E-state index in [1.165, 1.54) is 6.42 Å². The Hall–Kier alpha value is -1.36. The molecule has 5 heteroatoms. The number of rotatable bonds is 4.